The predicted molar refractivity (Wildman–Crippen MR) is 90.0 cm³/mol. The second-order valence-corrected chi connectivity index (χ2v) is 5.89. The number of para-hydroxylation sites is 1. The van der Waals surface area contributed by atoms with Gasteiger partial charge in [0.2, 0.25) is 0 Å². The van der Waals surface area contributed by atoms with Gasteiger partial charge in [-0.2, -0.15) is 0 Å². The largest absolute Gasteiger partial charge is 0.389 e. The molecule has 1 aromatic heterocycles. The first-order valence-corrected chi connectivity index (χ1v) is 7.37. The van der Waals surface area contributed by atoms with Gasteiger partial charge in [-0.15, -0.1) is 0 Å². The molecule has 2 aromatic carbocycles. The first-order valence-electron chi connectivity index (χ1n) is 6.14. The van der Waals surface area contributed by atoms with Crippen LogP contribution < -0.4 is 10.6 Å². The third-order valence-corrected chi connectivity index (χ3v) is 4.44. The molecule has 0 saturated carbocycles. The molecule has 2 N–H and O–H groups in total. The van der Waals surface area contributed by atoms with E-state index < -0.39 is 0 Å². The average molecular weight is 299 g/mol. The summed E-state index contributed by atoms with van der Waals surface area (Å²) in [5.41, 5.74) is 8.59. The molecule has 3 rings (SSSR count). The summed E-state index contributed by atoms with van der Waals surface area (Å²) in [6, 6.07) is 16.0. The SMILES string of the molecule is CN(c1cccc(C(N)=S)c1)c1nc2ccccc2s1. The van der Waals surface area contributed by atoms with Gasteiger partial charge in [-0.05, 0) is 24.3 Å². The van der Waals surface area contributed by atoms with E-state index in [4.69, 9.17) is 18.0 Å². The van der Waals surface area contributed by atoms with Crippen LogP contribution in [0, 0.1) is 0 Å². The third kappa shape index (κ3) is 2.37. The first-order chi connectivity index (χ1) is 9.65. The van der Waals surface area contributed by atoms with E-state index in [0.29, 0.717) is 4.99 Å². The number of thiocarbonyl (C=S) groups is 1. The molecule has 3 nitrogen and oxygen atoms in total. The molecular weight excluding hydrogens is 286 g/mol. The van der Waals surface area contributed by atoms with Crippen molar-refractivity contribution < 1.29 is 0 Å². The Hall–Kier alpha value is -1.98. The zero-order valence-electron chi connectivity index (χ0n) is 10.9. The Kier molecular flexibility index (Phi) is 3.38. The Bertz CT molecular complexity index is 746. The molecule has 0 radical (unpaired) electrons. The Morgan fingerprint density at radius 1 is 1.20 bits per heavy atom. The van der Waals surface area contributed by atoms with E-state index in [1.807, 2.05) is 54.4 Å². The average Bonchev–Trinajstić information content (AvgIpc) is 2.90. The van der Waals surface area contributed by atoms with Gasteiger partial charge in [0, 0.05) is 18.3 Å². The molecule has 0 aliphatic heterocycles. The minimum atomic E-state index is 0.407. The summed E-state index contributed by atoms with van der Waals surface area (Å²) < 4.78 is 1.18. The number of nitrogens with two attached hydrogens (primary N) is 1. The minimum absolute atomic E-state index is 0.407. The quantitative estimate of drug-likeness (QED) is 0.749. The van der Waals surface area contributed by atoms with Gasteiger partial charge in [-0.25, -0.2) is 4.98 Å². The van der Waals surface area contributed by atoms with Gasteiger partial charge in [-0.1, -0.05) is 47.8 Å². The van der Waals surface area contributed by atoms with Crippen LogP contribution in [0.5, 0.6) is 0 Å². The van der Waals surface area contributed by atoms with Crippen LogP contribution in [-0.4, -0.2) is 17.0 Å². The monoisotopic (exact) mass is 299 g/mol. The second-order valence-electron chi connectivity index (χ2n) is 4.44. The normalized spacial score (nSPS) is 10.7. The number of anilines is 2. The Balaban J connectivity index is 2.01. The van der Waals surface area contributed by atoms with Gasteiger partial charge in [0.15, 0.2) is 5.13 Å². The number of hydrogen-bond donors (Lipinski definition) is 1. The van der Waals surface area contributed by atoms with Crippen LogP contribution in [0.15, 0.2) is 48.5 Å². The highest BCUT2D eigenvalue weighted by Gasteiger charge is 2.10. The lowest BCUT2D eigenvalue weighted by molar-refractivity contribution is 1.18. The number of benzene rings is 2. The predicted octanol–water partition coefficient (Wildman–Crippen LogP) is 3.70. The van der Waals surface area contributed by atoms with Crippen molar-refractivity contribution in [2.75, 3.05) is 11.9 Å². The summed E-state index contributed by atoms with van der Waals surface area (Å²) in [6.45, 7) is 0. The molecular formula is C15H13N3S2. The maximum atomic E-state index is 5.68. The van der Waals surface area contributed by atoms with Crippen molar-refractivity contribution in [1.29, 1.82) is 0 Å². The summed E-state index contributed by atoms with van der Waals surface area (Å²) in [7, 11) is 2.00. The molecule has 0 aliphatic rings. The van der Waals surface area contributed by atoms with Crippen LogP contribution in [0.3, 0.4) is 0 Å². The molecule has 0 bridgehead atoms. The second kappa shape index (κ2) is 5.19. The maximum Gasteiger partial charge on any atom is 0.190 e. The molecule has 100 valence electrons. The van der Waals surface area contributed by atoms with Crippen molar-refractivity contribution >= 4 is 49.6 Å². The van der Waals surface area contributed by atoms with Gasteiger partial charge in [0.25, 0.3) is 0 Å². The zero-order valence-corrected chi connectivity index (χ0v) is 12.5. The van der Waals surface area contributed by atoms with Crippen LogP contribution in [0.1, 0.15) is 5.56 Å². The van der Waals surface area contributed by atoms with Crippen LogP contribution in [0.4, 0.5) is 10.8 Å². The van der Waals surface area contributed by atoms with Crippen molar-refractivity contribution in [3.05, 3.63) is 54.1 Å². The van der Waals surface area contributed by atoms with Crippen molar-refractivity contribution in [2.45, 2.75) is 0 Å². The molecule has 0 fully saturated rings. The van der Waals surface area contributed by atoms with Gasteiger partial charge >= 0.3 is 0 Å². The molecule has 1 heterocycles. The molecule has 0 atom stereocenters. The van der Waals surface area contributed by atoms with Crippen molar-refractivity contribution in [3.63, 3.8) is 0 Å². The highest BCUT2D eigenvalue weighted by molar-refractivity contribution is 7.80. The number of hydrogen-bond acceptors (Lipinski definition) is 4. The van der Waals surface area contributed by atoms with Crippen molar-refractivity contribution in [1.82, 2.24) is 4.98 Å². The lowest BCUT2D eigenvalue weighted by atomic mass is 10.2. The Labute approximate surface area is 126 Å². The number of nitrogens with zero attached hydrogens (tertiary/aromatic N) is 2. The summed E-state index contributed by atoms with van der Waals surface area (Å²) >= 11 is 6.69. The standard InChI is InChI=1S/C15H13N3S2/c1-18(11-6-4-5-10(9-11)14(16)19)15-17-12-7-2-3-8-13(12)20-15/h2-9H,1H3,(H2,16,19). The fourth-order valence-electron chi connectivity index (χ4n) is 1.98. The van der Waals surface area contributed by atoms with E-state index in [1.165, 1.54) is 4.70 Å². The van der Waals surface area contributed by atoms with Gasteiger partial charge in [-0.3, -0.25) is 0 Å². The van der Waals surface area contributed by atoms with Crippen molar-refractivity contribution in [3.8, 4) is 0 Å². The van der Waals surface area contributed by atoms with E-state index in [0.717, 1.165) is 21.9 Å². The van der Waals surface area contributed by atoms with Crippen molar-refractivity contribution in [2.24, 2.45) is 5.73 Å². The first kappa shape index (κ1) is 13.0. The van der Waals surface area contributed by atoms with Gasteiger partial charge in [0.05, 0.1) is 10.2 Å². The number of thiazole rings is 1. The summed E-state index contributed by atoms with van der Waals surface area (Å²) in [5.74, 6) is 0. The van der Waals surface area contributed by atoms with E-state index in [-0.39, 0.29) is 0 Å². The molecule has 0 spiro atoms. The van der Waals surface area contributed by atoms with Crippen LogP contribution in [0.2, 0.25) is 0 Å². The lowest BCUT2D eigenvalue weighted by Crippen LogP contribution is -2.12. The fraction of sp³-hybridized carbons (Fsp3) is 0.0667. The van der Waals surface area contributed by atoms with Crippen LogP contribution in [0.25, 0.3) is 10.2 Å². The van der Waals surface area contributed by atoms with E-state index >= 15 is 0 Å². The summed E-state index contributed by atoms with van der Waals surface area (Å²) in [5, 5.41) is 0.950. The fourth-order valence-corrected chi connectivity index (χ4v) is 3.06. The Morgan fingerprint density at radius 2 is 2.00 bits per heavy atom. The van der Waals surface area contributed by atoms with Gasteiger partial charge < -0.3 is 10.6 Å². The van der Waals surface area contributed by atoms with E-state index in [9.17, 15) is 0 Å². The highest BCUT2D eigenvalue weighted by atomic mass is 32.1. The molecule has 0 unspecified atom stereocenters. The molecule has 3 aromatic rings. The smallest absolute Gasteiger partial charge is 0.190 e. The van der Waals surface area contributed by atoms with E-state index in [1.54, 1.807) is 11.3 Å². The maximum absolute atomic E-state index is 5.68. The number of rotatable bonds is 3. The highest BCUT2D eigenvalue weighted by Crippen LogP contribution is 2.32. The van der Waals surface area contributed by atoms with Crippen LogP contribution in [-0.2, 0) is 0 Å². The lowest BCUT2D eigenvalue weighted by Gasteiger charge is -2.16. The molecule has 0 amide bonds. The molecule has 5 heteroatoms. The molecule has 20 heavy (non-hydrogen) atoms. The third-order valence-electron chi connectivity index (χ3n) is 3.09. The number of aromatic nitrogens is 1. The zero-order chi connectivity index (χ0) is 14.1. The minimum Gasteiger partial charge on any atom is -0.389 e. The van der Waals surface area contributed by atoms with Crippen LogP contribution >= 0.6 is 23.6 Å². The summed E-state index contributed by atoms with van der Waals surface area (Å²) in [6.07, 6.45) is 0. The number of fused-ring (bicyclic) bond motifs is 1. The topological polar surface area (TPSA) is 42.1 Å². The summed E-state index contributed by atoms with van der Waals surface area (Å²) in [4.78, 5) is 7.10. The Morgan fingerprint density at radius 3 is 2.75 bits per heavy atom. The molecule has 0 saturated heterocycles. The van der Waals surface area contributed by atoms with E-state index in [2.05, 4.69) is 11.1 Å². The molecule has 0 aliphatic carbocycles. The van der Waals surface area contributed by atoms with Gasteiger partial charge in [0.1, 0.15) is 4.99 Å².